The van der Waals surface area contributed by atoms with E-state index in [4.69, 9.17) is 75.8 Å². The van der Waals surface area contributed by atoms with E-state index >= 15 is 0 Å². The van der Waals surface area contributed by atoms with Gasteiger partial charge in [-0.05, 0) is 20.8 Å². The molecule has 0 aromatic carbocycles. The molecule has 37 nitrogen and oxygen atoms in total. The van der Waals surface area contributed by atoms with Gasteiger partial charge in [-0.1, -0.05) is 0 Å². The van der Waals surface area contributed by atoms with Gasteiger partial charge in [-0.2, -0.15) is 0 Å². The van der Waals surface area contributed by atoms with Gasteiger partial charge in [0.05, 0.1) is 39.6 Å². The van der Waals surface area contributed by atoms with Gasteiger partial charge in [0.15, 0.2) is 44.0 Å². The average Bonchev–Trinajstić information content (AvgIpc) is 1.85. The molecule has 0 aromatic rings. The lowest BCUT2D eigenvalue weighted by Crippen LogP contribution is -2.68. The summed E-state index contributed by atoms with van der Waals surface area (Å²) in [5, 5.41) is 223. The third-order valence-electron chi connectivity index (χ3n) is 15.4. The van der Waals surface area contributed by atoms with E-state index in [1.807, 2.05) is 0 Å². The zero-order chi connectivity index (χ0) is 61.5. The van der Waals surface area contributed by atoms with Gasteiger partial charge in [0.25, 0.3) is 0 Å². The number of ether oxygens (including phenoxy) is 16. The summed E-state index contributed by atoms with van der Waals surface area (Å²) in [4.78, 5) is 12.8. The Labute approximate surface area is 475 Å². The number of rotatable bonds is 8. The Morgan fingerprint density at radius 2 is 0.452 bits per heavy atom. The summed E-state index contributed by atoms with van der Waals surface area (Å²) in [5.41, 5.74) is -1.12. The lowest BCUT2D eigenvalue weighted by Gasteiger charge is -2.50. The molecule has 0 aromatic heterocycles. The van der Waals surface area contributed by atoms with Gasteiger partial charge >= 0.3 is 6.16 Å². The highest BCUT2D eigenvalue weighted by Crippen LogP contribution is 2.39. The van der Waals surface area contributed by atoms with Crippen molar-refractivity contribution in [2.75, 3.05) is 46.2 Å². The lowest BCUT2D eigenvalue weighted by atomic mass is 9.95. The van der Waals surface area contributed by atoms with Crippen LogP contribution in [-0.2, 0) is 75.8 Å². The fourth-order valence-corrected chi connectivity index (χ4v) is 10.8. The van der Waals surface area contributed by atoms with Crippen LogP contribution in [0.1, 0.15) is 20.8 Å². The third-order valence-corrected chi connectivity index (χ3v) is 15.4. The van der Waals surface area contributed by atoms with Crippen LogP contribution in [0.2, 0.25) is 0 Å². The van der Waals surface area contributed by atoms with Crippen molar-refractivity contribution < 1.29 is 183 Å². The van der Waals surface area contributed by atoms with E-state index < -0.39 is 273 Å². The normalized spacial score (nSPS) is 51.8. The van der Waals surface area contributed by atoms with Crippen LogP contribution < -0.4 is 0 Å². The van der Waals surface area contributed by atoms with E-state index in [0.717, 1.165) is 0 Å². The van der Waals surface area contributed by atoms with Crippen molar-refractivity contribution in [3.05, 3.63) is 0 Å². The van der Waals surface area contributed by atoms with Crippen LogP contribution in [0.25, 0.3) is 0 Å². The highest BCUT2D eigenvalue weighted by atomic mass is 16.8. The molecule has 0 spiro atoms. The second-order valence-electron chi connectivity index (χ2n) is 22.2. The molecular formula is C47H78O37. The molecule has 21 aliphatic heterocycles. The maximum absolute atomic E-state index is 12.8. The highest BCUT2D eigenvalue weighted by Gasteiger charge is 2.60. The first-order chi connectivity index (χ1) is 39.7. The Morgan fingerprint density at radius 3 is 0.619 bits per heavy atom. The van der Waals surface area contributed by atoms with E-state index in [1.165, 1.54) is 20.8 Å². The topological polar surface area (TPSA) is 569 Å². The van der Waals surface area contributed by atoms with Gasteiger partial charge in [-0.3, -0.25) is 0 Å². The average molecular weight is 1240 g/mol. The molecule has 21 aliphatic rings. The summed E-state index contributed by atoms with van der Waals surface area (Å²) >= 11 is 0. The summed E-state index contributed by atoms with van der Waals surface area (Å²) in [6, 6.07) is 0. The first kappa shape index (κ1) is 67.8. The first-order valence-corrected chi connectivity index (χ1v) is 26.9. The van der Waals surface area contributed by atoms with Crippen LogP contribution >= 0.6 is 0 Å². The molecule has 0 radical (unpaired) electrons. The molecule has 21 fully saturated rings. The minimum atomic E-state index is -2.29. The fraction of sp³-hybridized carbons (Fsp3) is 0.979. The molecule has 20 N–H and O–H groups in total. The van der Waals surface area contributed by atoms with Crippen molar-refractivity contribution in [1.29, 1.82) is 0 Å². The minimum Gasteiger partial charge on any atom is -0.431 e. The van der Waals surface area contributed by atoms with E-state index in [-0.39, 0.29) is 0 Å². The van der Waals surface area contributed by atoms with E-state index in [0.29, 0.717) is 0 Å². The van der Waals surface area contributed by atoms with Crippen LogP contribution in [-0.4, -0.2) is 375 Å². The van der Waals surface area contributed by atoms with Gasteiger partial charge < -0.3 is 178 Å². The predicted octanol–water partition coefficient (Wildman–Crippen LogP) is -13.3. The molecule has 21 saturated heterocycles. The fourth-order valence-electron chi connectivity index (χ4n) is 10.8. The largest absolute Gasteiger partial charge is 0.508 e. The zero-order valence-corrected chi connectivity index (χ0v) is 45.0. The summed E-state index contributed by atoms with van der Waals surface area (Å²) in [5.74, 6) is 0. The second kappa shape index (κ2) is 28.4. The Morgan fingerprint density at radius 1 is 0.286 bits per heavy atom. The number of hydrogen-bond acceptors (Lipinski definition) is 37. The molecule has 84 heavy (non-hydrogen) atoms. The number of aliphatic hydroxyl groups excluding tert-OH is 20. The maximum atomic E-state index is 12.8. The van der Waals surface area contributed by atoms with E-state index in [2.05, 4.69) is 0 Å². The van der Waals surface area contributed by atoms with Crippen molar-refractivity contribution >= 4 is 6.16 Å². The summed E-state index contributed by atoms with van der Waals surface area (Å²) in [7, 11) is 0. The van der Waals surface area contributed by atoms with Crippen molar-refractivity contribution in [3.8, 4) is 0 Å². The van der Waals surface area contributed by atoms with Gasteiger partial charge in [-0.15, -0.1) is 0 Å². The molecule has 0 unspecified atom stereocenters. The zero-order valence-electron chi connectivity index (χ0n) is 45.0. The number of hydrogen-bond donors (Lipinski definition) is 20. The lowest BCUT2D eigenvalue weighted by molar-refractivity contribution is -0.396. The Hall–Kier alpha value is -2.09. The number of aliphatic hydroxyl groups is 20. The smallest absolute Gasteiger partial charge is 0.431 e. The second-order valence-corrected chi connectivity index (χ2v) is 22.2. The third kappa shape index (κ3) is 14.1. The van der Waals surface area contributed by atoms with Gasteiger partial charge in [-0.25, -0.2) is 4.79 Å². The van der Waals surface area contributed by atoms with Crippen molar-refractivity contribution in [2.24, 2.45) is 0 Å². The Balaban J connectivity index is 1.10. The Bertz CT molecular complexity index is 2050. The van der Waals surface area contributed by atoms with Crippen molar-refractivity contribution in [1.82, 2.24) is 0 Å². The molecule has 0 aliphatic carbocycles. The molecular weight excluding hydrogens is 1160 g/mol. The van der Waals surface area contributed by atoms with E-state index in [9.17, 15) is 107 Å². The van der Waals surface area contributed by atoms with Gasteiger partial charge in [0.2, 0.25) is 0 Å². The van der Waals surface area contributed by atoms with Gasteiger partial charge in [0, 0.05) is 0 Å². The predicted molar refractivity (Wildman–Crippen MR) is 254 cm³/mol. The van der Waals surface area contributed by atoms with Crippen molar-refractivity contribution in [3.63, 3.8) is 0 Å². The molecule has 21 rings (SSSR count). The molecule has 21 heterocycles. The van der Waals surface area contributed by atoms with Crippen LogP contribution in [0.3, 0.4) is 0 Å². The van der Waals surface area contributed by atoms with Crippen LogP contribution in [0, 0.1) is 0 Å². The first-order valence-electron chi connectivity index (χ1n) is 26.9. The minimum absolute atomic E-state index is 0.941. The van der Waals surface area contributed by atoms with Crippen LogP contribution in [0.4, 0.5) is 4.79 Å². The maximum Gasteiger partial charge on any atom is 0.508 e. The standard InChI is InChI=1S/C47H78O37/c1-47(2,3)84-46(68)69-10-17-38-24(60)31(67)45(76-17)82-37-16(9-53)74-43(29(65)22(37)58)80-35-14(7-51)72-41(27(63)20(35)56)78-33-12(5-49)70-39(25(61)18(33)54)77-32-11(4-48)71-40(26(62)19(32)55)79-34-13(6-50)73-42(28(64)21(34)57)81-36-15(8-52)75-44(83-38)30(66)23(36)59/h11-45,48-67H,4-10H2,1-3H3/t11-,12-,13-,14-,15-,16-,17-,18-,19-,20-,21-,22-,23-,24-,25-,26-,27-,28-,29-,30-,31-,32-,33-,34-,35-,36-,37-,38-,39-,40-,41-,42-,43-,44-,45-/m1/s1. The van der Waals surface area contributed by atoms with Crippen LogP contribution in [0.5, 0.6) is 0 Å². The van der Waals surface area contributed by atoms with Crippen molar-refractivity contribution in [2.45, 2.75) is 241 Å². The molecule has 35 atom stereocenters. The molecule has 0 saturated carbocycles. The van der Waals surface area contributed by atoms with Crippen LogP contribution in [0.15, 0.2) is 0 Å². The summed E-state index contributed by atoms with van der Waals surface area (Å²) in [6.07, 6.45) is -73.0. The summed E-state index contributed by atoms with van der Waals surface area (Å²) in [6.45, 7) is -2.89. The molecule has 0 amide bonds. The van der Waals surface area contributed by atoms with Gasteiger partial charge in [0.1, 0.15) is 183 Å². The Kier molecular flexibility index (Phi) is 22.9. The molecule has 14 bridgehead atoms. The highest BCUT2D eigenvalue weighted by molar-refractivity contribution is 5.60. The van der Waals surface area contributed by atoms with E-state index in [1.54, 1.807) is 0 Å². The number of carbonyl (C=O) groups excluding carboxylic acids is 1. The molecule has 37 heteroatoms. The quantitative estimate of drug-likeness (QED) is 0.100. The summed E-state index contributed by atoms with van der Waals surface area (Å²) < 4.78 is 90.8. The molecule has 488 valence electrons. The number of carbonyl (C=O) groups is 1. The monoisotopic (exact) mass is 1230 g/mol. The SMILES string of the molecule is CC(C)(C)OC(=O)OC[C@H]1O[C@@H]2O[C@H]3[C@H](O)[C@@H](O)[C@@H](O[C@H]4[C@H](O)[C@@H](O)[C@@H](O[C@H]5[C@H](O)[C@@H](O)[C@@H](O[C@H]6[C@H](O)[C@@H](O)[C@@H](O[C@H]7[C@H](O)[C@@H](O)[C@@H](O[C@H]8[C@H](O)[C@@H](O)[C@@H](O[C@H]1[C@H](O)[C@H]2O)O[C@@H]8CO)O[C@@H]7CO)O[C@@H]6CO)O[C@@H]5CO)O[C@@H]4CO)O[C@@H]3CO.